The molecule has 2 aromatic heterocycles. The summed E-state index contributed by atoms with van der Waals surface area (Å²) in [5.41, 5.74) is 7.13. The van der Waals surface area contributed by atoms with Crippen molar-refractivity contribution < 1.29 is 12.8 Å². The second-order valence-electron chi connectivity index (χ2n) is 8.84. The minimum atomic E-state index is -3.99. The van der Waals surface area contributed by atoms with Crippen LogP contribution in [-0.2, 0) is 15.4 Å². The van der Waals surface area contributed by atoms with E-state index in [0.717, 1.165) is 10.6 Å². The van der Waals surface area contributed by atoms with Crippen LogP contribution in [0.3, 0.4) is 0 Å². The van der Waals surface area contributed by atoms with Gasteiger partial charge in [-0.05, 0) is 42.8 Å². The Labute approximate surface area is 202 Å². The van der Waals surface area contributed by atoms with Gasteiger partial charge < -0.3 is 5.73 Å². The van der Waals surface area contributed by atoms with Crippen molar-refractivity contribution in [1.82, 2.24) is 15.0 Å². The second kappa shape index (κ2) is 8.77. The summed E-state index contributed by atoms with van der Waals surface area (Å²) < 4.78 is 43.9. The summed E-state index contributed by atoms with van der Waals surface area (Å²) in [6.07, 6.45) is 1.53. The second-order valence-corrected chi connectivity index (χ2v) is 11.5. The van der Waals surface area contributed by atoms with E-state index in [1.165, 1.54) is 35.7 Å². The van der Waals surface area contributed by atoms with Crippen LogP contribution < -0.4 is 10.5 Å². The van der Waals surface area contributed by atoms with E-state index in [-0.39, 0.29) is 27.5 Å². The zero-order chi connectivity index (χ0) is 24.7. The van der Waals surface area contributed by atoms with Crippen LogP contribution in [0.15, 0.2) is 59.6 Å². The quantitative estimate of drug-likeness (QED) is 0.382. The fourth-order valence-corrected chi connectivity index (χ4v) is 5.55. The third-order valence-corrected chi connectivity index (χ3v) is 7.84. The molecule has 0 aliphatic rings. The highest BCUT2D eigenvalue weighted by atomic mass is 32.2. The number of anilines is 2. The van der Waals surface area contributed by atoms with Crippen molar-refractivity contribution in [1.29, 1.82) is 0 Å². The first-order valence-electron chi connectivity index (χ1n) is 10.4. The Morgan fingerprint density at radius 2 is 1.79 bits per heavy atom. The molecule has 2 aromatic carbocycles. The third-order valence-electron chi connectivity index (χ3n) is 4.97. The van der Waals surface area contributed by atoms with E-state index < -0.39 is 15.8 Å². The van der Waals surface area contributed by atoms with Gasteiger partial charge in [0.25, 0.3) is 10.0 Å². The minimum Gasteiger partial charge on any atom is -0.368 e. The summed E-state index contributed by atoms with van der Waals surface area (Å²) in [7, 11) is -3.99. The van der Waals surface area contributed by atoms with Gasteiger partial charge in [-0.25, -0.2) is 27.8 Å². The minimum absolute atomic E-state index is 0.0538. The molecule has 0 fully saturated rings. The number of hydrogen-bond acceptors (Lipinski definition) is 7. The zero-order valence-electron chi connectivity index (χ0n) is 19.1. The van der Waals surface area contributed by atoms with Crippen LogP contribution >= 0.6 is 11.3 Å². The summed E-state index contributed by atoms with van der Waals surface area (Å²) in [6.45, 7) is 7.82. The lowest BCUT2D eigenvalue weighted by Gasteiger charge is -2.14. The number of thiazole rings is 1. The average molecular weight is 498 g/mol. The largest absolute Gasteiger partial charge is 0.368 e. The van der Waals surface area contributed by atoms with Crippen molar-refractivity contribution in [3.05, 3.63) is 71.1 Å². The number of halogens is 1. The molecule has 0 amide bonds. The maximum atomic E-state index is 15.7. The van der Waals surface area contributed by atoms with E-state index >= 15 is 4.39 Å². The van der Waals surface area contributed by atoms with Gasteiger partial charge in [0, 0.05) is 17.2 Å². The lowest BCUT2D eigenvalue weighted by atomic mass is 9.98. The van der Waals surface area contributed by atoms with Crippen molar-refractivity contribution >= 4 is 33.0 Å². The third kappa shape index (κ3) is 4.78. The Balaban J connectivity index is 1.83. The first kappa shape index (κ1) is 23.8. The Morgan fingerprint density at radius 1 is 1.06 bits per heavy atom. The van der Waals surface area contributed by atoms with E-state index in [2.05, 4.69) is 14.7 Å². The Morgan fingerprint density at radius 3 is 2.47 bits per heavy atom. The molecule has 0 aliphatic carbocycles. The van der Waals surface area contributed by atoms with Crippen molar-refractivity contribution in [2.75, 3.05) is 10.5 Å². The number of benzene rings is 2. The lowest BCUT2D eigenvalue weighted by molar-refractivity contribution is 0.585. The van der Waals surface area contributed by atoms with Gasteiger partial charge >= 0.3 is 0 Å². The first-order valence-corrected chi connectivity index (χ1v) is 12.7. The standard InChI is InChI=1S/C24H24FN5O2S2/c1-14-7-5-8-15(13-14)34(31,32)30-17-10-6-9-16(19(17)25)20-21(18-11-12-27-23(26)28-18)33-22(29-20)24(2,3)4/h5-13,30H,1-4H3,(H2,26,27,28). The highest BCUT2D eigenvalue weighted by Crippen LogP contribution is 2.41. The number of aromatic nitrogens is 3. The number of hydrogen-bond donors (Lipinski definition) is 2. The number of aryl methyl sites for hydroxylation is 1. The van der Waals surface area contributed by atoms with Crippen LogP contribution in [0.4, 0.5) is 16.0 Å². The molecule has 3 N–H and O–H groups in total. The van der Waals surface area contributed by atoms with Gasteiger partial charge in [0.05, 0.1) is 31.9 Å². The molecule has 176 valence electrons. The molecule has 0 aliphatic heterocycles. The van der Waals surface area contributed by atoms with E-state index in [0.29, 0.717) is 16.3 Å². The number of nitrogen functional groups attached to an aromatic ring is 1. The summed E-state index contributed by atoms with van der Waals surface area (Å²) in [5.74, 6) is -0.637. The van der Waals surface area contributed by atoms with Gasteiger partial charge in [-0.3, -0.25) is 4.72 Å². The lowest BCUT2D eigenvalue weighted by Crippen LogP contribution is -2.14. The van der Waals surface area contributed by atoms with E-state index in [1.807, 2.05) is 20.8 Å². The van der Waals surface area contributed by atoms with Crippen LogP contribution in [0.2, 0.25) is 0 Å². The molecular formula is C24H24FN5O2S2. The highest BCUT2D eigenvalue weighted by molar-refractivity contribution is 7.92. The molecule has 0 unspecified atom stereocenters. The highest BCUT2D eigenvalue weighted by Gasteiger charge is 2.26. The average Bonchev–Trinajstić information content (AvgIpc) is 3.21. The Hall–Kier alpha value is -3.37. The van der Waals surface area contributed by atoms with Gasteiger partial charge in [-0.15, -0.1) is 11.3 Å². The fraction of sp³-hybridized carbons (Fsp3) is 0.208. The summed E-state index contributed by atoms with van der Waals surface area (Å²) in [5, 5.41) is 0.778. The molecule has 0 bridgehead atoms. The molecule has 4 aromatic rings. The van der Waals surface area contributed by atoms with Crippen LogP contribution in [0, 0.1) is 12.7 Å². The van der Waals surface area contributed by atoms with Gasteiger partial charge in [0.1, 0.15) is 0 Å². The molecule has 2 heterocycles. The van der Waals surface area contributed by atoms with E-state index in [9.17, 15) is 8.42 Å². The van der Waals surface area contributed by atoms with Crippen LogP contribution in [0.5, 0.6) is 0 Å². The molecule has 0 saturated carbocycles. The van der Waals surface area contributed by atoms with Gasteiger partial charge in [-0.1, -0.05) is 39.0 Å². The maximum Gasteiger partial charge on any atom is 0.261 e. The number of rotatable bonds is 5. The molecule has 0 atom stereocenters. The molecule has 7 nitrogen and oxygen atoms in total. The molecular weight excluding hydrogens is 473 g/mol. The van der Waals surface area contributed by atoms with Crippen LogP contribution in [0.1, 0.15) is 31.3 Å². The number of nitrogens with one attached hydrogen (secondary N) is 1. The molecule has 0 radical (unpaired) electrons. The van der Waals surface area contributed by atoms with E-state index in [4.69, 9.17) is 10.7 Å². The smallest absolute Gasteiger partial charge is 0.261 e. The van der Waals surface area contributed by atoms with Crippen molar-refractivity contribution in [2.45, 2.75) is 38.0 Å². The van der Waals surface area contributed by atoms with Gasteiger partial charge in [0.15, 0.2) is 5.82 Å². The molecule has 0 spiro atoms. The van der Waals surface area contributed by atoms with Crippen molar-refractivity contribution in [3.63, 3.8) is 0 Å². The van der Waals surface area contributed by atoms with Gasteiger partial charge in [-0.2, -0.15) is 0 Å². The van der Waals surface area contributed by atoms with Crippen LogP contribution in [-0.4, -0.2) is 23.4 Å². The Kier molecular flexibility index (Phi) is 6.13. The fourth-order valence-electron chi connectivity index (χ4n) is 3.28. The van der Waals surface area contributed by atoms with E-state index in [1.54, 1.807) is 37.3 Å². The zero-order valence-corrected chi connectivity index (χ0v) is 20.8. The summed E-state index contributed by atoms with van der Waals surface area (Å²) in [6, 6.07) is 12.6. The Bertz CT molecular complexity index is 1480. The predicted molar refractivity (Wildman–Crippen MR) is 134 cm³/mol. The summed E-state index contributed by atoms with van der Waals surface area (Å²) >= 11 is 1.39. The van der Waals surface area contributed by atoms with Gasteiger partial charge in [0.2, 0.25) is 5.95 Å². The number of sulfonamides is 1. The summed E-state index contributed by atoms with van der Waals surface area (Å²) in [4.78, 5) is 13.6. The van der Waals surface area contributed by atoms with Crippen LogP contribution in [0.25, 0.3) is 21.8 Å². The molecule has 34 heavy (non-hydrogen) atoms. The molecule has 10 heteroatoms. The normalized spacial score (nSPS) is 12.0. The van der Waals surface area contributed by atoms with Crippen molar-refractivity contribution in [2.24, 2.45) is 0 Å². The maximum absolute atomic E-state index is 15.7. The molecule has 4 rings (SSSR count). The number of nitrogens with zero attached hydrogens (tertiary/aromatic N) is 3. The topological polar surface area (TPSA) is 111 Å². The first-order chi connectivity index (χ1) is 16.0. The molecule has 0 saturated heterocycles. The predicted octanol–water partition coefficient (Wildman–Crippen LogP) is 5.40. The SMILES string of the molecule is Cc1cccc(S(=O)(=O)Nc2cccc(-c3nc(C(C)(C)C)sc3-c3ccnc(N)n3)c2F)c1. The number of nitrogens with two attached hydrogens (primary N) is 1. The monoisotopic (exact) mass is 497 g/mol. The van der Waals surface area contributed by atoms with Crippen molar-refractivity contribution in [3.8, 4) is 21.8 Å².